The summed E-state index contributed by atoms with van der Waals surface area (Å²) in [5, 5.41) is 0. The van der Waals surface area contributed by atoms with Crippen LogP contribution in [0.15, 0.2) is 22.6 Å². The molecule has 2 aliphatic rings. The highest BCUT2D eigenvalue weighted by Gasteiger charge is 2.31. The molecule has 2 heterocycles. The number of aromatic nitrogens is 1. The highest BCUT2D eigenvalue weighted by Crippen LogP contribution is 2.36. The maximum atomic E-state index is 13.2. The van der Waals surface area contributed by atoms with Gasteiger partial charge in [-0.1, -0.05) is 0 Å². The van der Waals surface area contributed by atoms with E-state index >= 15 is 0 Å². The highest BCUT2D eigenvalue weighted by atomic mass is 19.3. The molecule has 2 aromatic rings. The summed E-state index contributed by atoms with van der Waals surface area (Å²) in [6.07, 6.45) is 2.10. The molecule has 1 saturated carbocycles. The molecule has 1 atom stereocenters. The lowest BCUT2D eigenvalue weighted by Crippen LogP contribution is -2.54. The Morgan fingerprint density at radius 2 is 2.09 bits per heavy atom. The molecule has 0 bridgehead atoms. The van der Waals surface area contributed by atoms with Crippen molar-refractivity contribution in [1.82, 2.24) is 14.8 Å². The van der Waals surface area contributed by atoms with Crippen molar-refractivity contribution < 1.29 is 32.2 Å². The van der Waals surface area contributed by atoms with Crippen LogP contribution in [0.1, 0.15) is 36.0 Å². The van der Waals surface area contributed by atoms with Crippen molar-refractivity contribution in [2.75, 3.05) is 40.1 Å². The number of halogens is 2. The third kappa shape index (κ3) is 5.65. The van der Waals surface area contributed by atoms with Gasteiger partial charge in [-0.25, -0.2) is 4.98 Å². The number of hydrogen-bond acceptors (Lipinski definition) is 8. The molecule has 1 saturated heterocycles. The van der Waals surface area contributed by atoms with Crippen LogP contribution in [0.5, 0.6) is 11.5 Å². The smallest absolute Gasteiger partial charge is 0.387 e. The molecular weight excluding hydrogens is 450 g/mol. The SMILES string of the molecule is COCN1CCN(C(=O)c2nc(-c3ccc(OC(F)F)c(OCC4CC4)c3)oc2CN)CC1C. The van der Waals surface area contributed by atoms with Crippen LogP contribution in [0.4, 0.5) is 8.78 Å². The number of nitrogens with two attached hydrogens (primary N) is 1. The summed E-state index contributed by atoms with van der Waals surface area (Å²) in [4.78, 5) is 21.5. The number of alkyl halides is 2. The van der Waals surface area contributed by atoms with Crippen LogP contribution < -0.4 is 15.2 Å². The van der Waals surface area contributed by atoms with Crippen LogP contribution in [-0.2, 0) is 11.3 Å². The van der Waals surface area contributed by atoms with E-state index in [2.05, 4.69) is 14.6 Å². The Morgan fingerprint density at radius 3 is 2.74 bits per heavy atom. The van der Waals surface area contributed by atoms with E-state index < -0.39 is 6.61 Å². The molecule has 1 aromatic carbocycles. The first-order chi connectivity index (χ1) is 16.4. The second-order valence-corrected chi connectivity index (χ2v) is 8.62. The van der Waals surface area contributed by atoms with Crippen LogP contribution in [0.2, 0.25) is 0 Å². The fraction of sp³-hybridized carbons (Fsp3) is 0.565. The van der Waals surface area contributed by atoms with E-state index in [4.69, 9.17) is 19.6 Å². The van der Waals surface area contributed by atoms with Crippen LogP contribution >= 0.6 is 0 Å². The number of ether oxygens (including phenoxy) is 3. The predicted molar refractivity (Wildman–Crippen MR) is 119 cm³/mol. The third-order valence-electron chi connectivity index (χ3n) is 6.01. The van der Waals surface area contributed by atoms with Crippen molar-refractivity contribution in [3.8, 4) is 23.0 Å². The summed E-state index contributed by atoms with van der Waals surface area (Å²) in [5.74, 6) is 0.694. The van der Waals surface area contributed by atoms with Gasteiger partial charge in [-0.2, -0.15) is 8.78 Å². The van der Waals surface area contributed by atoms with E-state index in [1.807, 2.05) is 6.92 Å². The standard InChI is InChI=1S/C23H30F2N4O5/c1-14-11-28(7-8-29(14)13-31-2)22(30)20-19(10-26)33-21(27-20)16-5-6-17(34-23(24)25)18(9-16)32-12-15-3-4-15/h5-6,9,14-15,23H,3-4,7-8,10-13,26H2,1-2H3. The molecule has 9 nitrogen and oxygen atoms in total. The van der Waals surface area contributed by atoms with E-state index in [-0.39, 0.29) is 47.3 Å². The van der Waals surface area contributed by atoms with Gasteiger partial charge < -0.3 is 29.3 Å². The molecule has 11 heteroatoms. The molecule has 1 unspecified atom stereocenters. The number of methoxy groups -OCH3 is 1. The second kappa shape index (κ2) is 10.7. The fourth-order valence-corrected chi connectivity index (χ4v) is 3.91. The van der Waals surface area contributed by atoms with Gasteiger partial charge >= 0.3 is 6.61 Å². The Morgan fingerprint density at radius 1 is 1.29 bits per heavy atom. The zero-order valence-electron chi connectivity index (χ0n) is 19.3. The number of oxazole rings is 1. The summed E-state index contributed by atoms with van der Waals surface area (Å²) >= 11 is 0. The Hall–Kier alpha value is -2.76. The zero-order valence-corrected chi connectivity index (χ0v) is 19.3. The maximum Gasteiger partial charge on any atom is 0.387 e. The number of rotatable bonds is 10. The first kappa shape index (κ1) is 24.4. The summed E-state index contributed by atoms with van der Waals surface area (Å²) in [7, 11) is 1.64. The molecule has 2 N–H and O–H groups in total. The van der Waals surface area contributed by atoms with E-state index in [9.17, 15) is 13.6 Å². The average molecular weight is 481 g/mol. The Bertz CT molecular complexity index is 998. The normalized spacial score (nSPS) is 19.0. The monoisotopic (exact) mass is 480 g/mol. The lowest BCUT2D eigenvalue weighted by atomic mass is 10.2. The van der Waals surface area contributed by atoms with Gasteiger partial charge in [-0.15, -0.1) is 0 Å². The third-order valence-corrected chi connectivity index (χ3v) is 6.01. The van der Waals surface area contributed by atoms with Crippen LogP contribution in [-0.4, -0.2) is 73.4 Å². The minimum Gasteiger partial charge on any atom is -0.489 e. The first-order valence-corrected chi connectivity index (χ1v) is 11.3. The molecule has 0 radical (unpaired) electrons. The van der Waals surface area contributed by atoms with Crippen molar-refractivity contribution in [2.24, 2.45) is 11.7 Å². The van der Waals surface area contributed by atoms with E-state index in [0.717, 1.165) is 12.8 Å². The van der Waals surface area contributed by atoms with Gasteiger partial charge in [0, 0.05) is 38.3 Å². The predicted octanol–water partition coefficient (Wildman–Crippen LogP) is 2.94. The van der Waals surface area contributed by atoms with Crippen molar-refractivity contribution in [3.63, 3.8) is 0 Å². The van der Waals surface area contributed by atoms with Gasteiger partial charge in [0.05, 0.1) is 19.9 Å². The summed E-state index contributed by atoms with van der Waals surface area (Å²) in [5.41, 5.74) is 6.46. The molecule has 0 spiro atoms. The van der Waals surface area contributed by atoms with Crippen molar-refractivity contribution in [2.45, 2.75) is 39.0 Å². The van der Waals surface area contributed by atoms with Crippen molar-refractivity contribution in [3.05, 3.63) is 29.7 Å². The minimum atomic E-state index is -2.98. The number of piperazine rings is 1. The van der Waals surface area contributed by atoms with E-state index in [0.29, 0.717) is 44.5 Å². The quantitative estimate of drug-likeness (QED) is 0.554. The first-order valence-electron chi connectivity index (χ1n) is 11.3. The van der Waals surface area contributed by atoms with Crippen molar-refractivity contribution in [1.29, 1.82) is 0 Å². The number of nitrogens with zero attached hydrogens (tertiary/aromatic N) is 3. The molecule has 2 fully saturated rings. The lowest BCUT2D eigenvalue weighted by Gasteiger charge is -2.39. The number of carbonyl (C=O) groups excluding carboxylic acids is 1. The number of hydrogen-bond donors (Lipinski definition) is 1. The van der Waals surface area contributed by atoms with Gasteiger partial charge in [-0.3, -0.25) is 9.69 Å². The molecule has 1 aromatic heterocycles. The summed E-state index contributed by atoms with van der Waals surface area (Å²) < 4.78 is 47.0. The van der Waals surface area contributed by atoms with E-state index in [1.54, 1.807) is 12.0 Å². The van der Waals surface area contributed by atoms with Gasteiger partial charge in [0.25, 0.3) is 5.91 Å². The average Bonchev–Trinajstić information content (AvgIpc) is 3.55. The maximum absolute atomic E-state index is 13.2. The Balaban J connectivity index is 1.55. The lowest BCUT2D eigenvalue weighted by molar-refractivity contribution is -0.0515. The van der Waals surface area contributed by atoms with Gasteiger partial charge in [0.15, 0.2) is 23.0 Å². The number of benzene rings is 1. The highest BCUT2D eigenvalue weighted by molar-refractivity contribution is 5.94. The van der Waals surface area contributed by atoms with Crippen LogP contribution in [0.3, 0.4) is 0 Å². The topological polar surface area (TPSA) is 103 Å². The largest absolute Gasteiger partial charge is 0.489 e. The Kier molecular flexibility index (Phi) is 7.64. The molecular formula is C23H30F2N4O5. The van der Waals surface area contributed by atoms with Gasteiger partial charge in [0.1, 0.15) is 0 Å². The zero-order chi connectivity index (χ0) is 24.2. The number of amides is 1. The van der Waals surface area contributed by atoms with E-state index in [1.165, 1.54) is 18.2 Å². The minimum absolute atomic E-state index is 0.00905. The molecule has 1 aliphatic carbocycles. The second-order valence-electron chi connectivity index (χ2n) is 8.62. The Labute approximate surface area is 196 Å². The van der Waals surface area contributed by atoms with Crippen LogP contribution in [0.25, 0.3) is 11.5 Å². The fourth-order valence-electron chi connectivity index (χ4n) is 3.91. The summed E-state index contributed by atoms with van der Waals surface area (Å²) in [6.45, 7) is 1.69. The van der Waals surface area contributed by atoms with Gasteiger partial charge in [-0.05, 0) is 43.9 Å². The summed E-state index contributed by atoms with van der Waals surface area (Å²) in [6, 6.07) is 4.58. The molecule has 186 valence electrons. The van der Waals surface area contributed by atoms with Crippen molar-refractivity contribution >= 4 is 5.91 Å². The van der Waals surface area contributed by atoms with Gasteiger partial charge in [0.2, 0.25) is 5.89 Å². The molecule has 34 heavy (non-hydrogen) atoms. The van der Waals surface area contributed by atoms with Crippen LogP contribution in [0, 0.1) is 5.92 Å². The molecule has 1 aliphatic heterocycles. The molecule has 1 amide bonds. The molecule has 4 rings (SSSR count). The number of carbonyl (C=O) groups is 1.